The fourth-order valence-corrected chi connectivity index (χ4v) is 4.38. The summed E-state index contributed by atoms with van der Waals surface area (Å²) in [5.41, 5.74) is 1.08. The summed E-state index contributed by atoms with van der Waals surface area (Å²) < 4.78 is 0. The Morgan fingerprint density at radius 1 is 1.37 bits per heavy atom. The highest BCUT2D eigenvalue weighted by atomic mass is 35.5. The first-order chi connectivity index (χ1) is 14.5. The normalized spacial score (nSPS) is 13.2. The van der Waals surface area contributed by atoms with Crippen LogP contribution in [0, 0.1) is 5.92 Å². The van der Waals surface area contributed by atoms with Crippen LogP contribution in [-0.2, 0) is 0 Å². The number of unbranched alkanes of at least 4 members (excludes halogenated alkanes) is 1. The van der Waals surface area contributed by atoms with E-state index in [1.54, 1.807) is 12.3 Å². The second-order valence-electron chi connectivity index (χ2n) is 7.10. The molecular formula is C23H26ClN3O2S. The lowest BCUT2D eigenvalue weighted by Crippen LogP contribution is -2.36. The van der Waals surface area contributed by atoms with Crippen LogP contribution in [0.1, 0.15) is 36.7 Å². The number of carbonyl (C=O) groups is 1. The Morgan fingerprint density at radius 3 is 2.83 bits per heavy atom. The zero-order chi connectivity index (χ0) is 21.5. The number of amides is 1. The molecular weight excluding hydrogens is 418 g/mol. The number of fused-ring (bicyclic) bond motifs is 1. The highest BCUT2D eigenvalue weighted by Gasteiger charge is 2.22. The Balaban J connectivity index is 1.79. The molecule has 30 heavy (non-hydrogen) atoms. The van der Waals surface area contributed by atoms with E-state index in [0.717, 1.165) is 34.4 Å². The van der Waals surface area contributed by atoms with Crippen molar-refractivity contribution in [3.8, 4) is 0 Å². The number of aromatic nitrogens is 2. The molecule has 2 aromatic heterocycles. The van der Waals surface area contributed by atoms with Crippen LogP contribution in [-0.4, -0.2) is 33.6 Å². The molecule has 0 fully saturated rings. The Hall–Kier alpha value is -2.28. The van der Waals surface area contributed by atoms with Gasteiger partial charge in [0.25, 0.3) is 5.91 Å². The van der Waals surface area contributed by atoms with Gasteiger partial charge in [0.05, 0.1) is 11.0 Å². The number of pyridine rings is 1. The van der Waals surface area contributed by atoms with E-state index in [0.29, 0.717) is 16.4 Å². The Labute approximate surface area is 185 Å². The molecule has 0 aliphatic rings. The number of aromatic amines is 1. The van der Waals surface area contributed by atoms with Crippen molar-refractivity contribution in [2.45, 2.75) is 42.1 Å². The highest BCUT2D eigenvalue weighted by Crippen LogP contribution is 2.36. The minimum absolute atomic E-state index is 0.0439. The molecule has 158 valence electrons. The van der Waals surface area contributed by atoms with Crippen LogP contribution in [0.2, 0.25) is 5.02 Å². The molecule has 1 amide bonds. The van der Waals surface area contributed by atoms with E-state index in [-0.39, 0.29) is 18.4 Å². The van der Waals surface area contributed by atoms with E-state index >= 15 is 0 Å². The molecule has 3 rings (SSSR count). The number of nitrogens with one attached hydrogen (secondary N) is 2. The number of aliphatic hydroxyl groups excluding tert-OH is 1. The summed E-state index contributed by atoms with van der Waals surface area (Å²) >= 11 is 7.46. The molecule has 0 saturated heterocycles. The molecule has 2 unspecified atom stereocenters. The lowest BCUT2D eigenvalue weighted by atomic mass is 9.96. The van der Waals surface area contributed by atoms with Crippen molar-refractivity contribution < 1.29 is 9.90 Å². The monoisotopic (exact) mass is 443 g/mol. The molecule has 0 spiro atoms. The molecule has 0 aliphatic heterocycles. The van der Waals surface area contributed by atoms with Crippen LogP contribution in [0.3, 0.4) is 0 Å². The first kappa shape index (κ1) is 22.4. The number of H-pyrrole nitrogens is 1. The fraction of sp³-hybridized carbons (Fsp3) is 0.304. The number of benzene rings is 1. The number of rotatable bonds is 10. The lowest BCUT2D eigenvalue weighted by Gasteiger charge is -2.19. The molecule has 0 saturated carbocycles. The number of hydrogen-bond donors (Lipinski definition) is 3. The third kappa shape index (κ3) is 5.45. The molecule has 2 atom stereocenters. The van der Waals surface area contributed by atoms with E-state index in [1.807, 2.05) is 36.4 Å². The summed E-state index contributed by atoms with van der Waals surface area (Å²) in [6.07, 6.45) is 5.69. The van der Waals surface area contributed by atoms with Gasteiger partial charge in [-0.3, -0.25) is 4.79 Å². The van der Waals surface area contributed by atoms with Gasteiger partial charge in [0, 0.05) is 34.0 Å². The molecule has 7 heteroatoms. The average molecular weight is 444 g/mol. The number of hydrogen-bond acceptors (Lipinski definition) is 4. The molecule has 5 nitrogen and oxygen atoms in total. The van der Waals surface area contributed by atoms with Crippen molar-refractivity contribution in [2.24, 2.45) is 5.92 Å². The quantitative estimate of drug-likeness (QED) is 0.364. The third-order valence-electron chi connectivity index (χ3n) is 4.94. The maximum Gasteiger partial charge on any atom is 0.269 e. The Morgan fingerprint density at radius 2 is 2.13 bits per heavy atom. The summed E-state index contributed by atoms with van der Waals surface area (Å²) in [5, 5.41) is 14.9. The van der Waals surface area contributed by atoms with Crippen molar-refractivity contribution in [3.63, 3.8) is 0 Å². The molecule has 1 aromatic carbocycles. The summed E-state index contributed by atoms with van der Waals surface area (Å²) in [4.78, 5) is 22.2. The van der Waals surface area contributed by atoms with Crippen LogP contribution in [0.5, 0.6) is 0 Å². The molecule has 3 aromatic rings. The van der Waals surface area contributed by atoms with Gasteiger partial charge in [-0.1, -0.05) is 49.2 Å². The summed E-state index contributed by atoms with van der Waals surface area (Å²) in [5.74, 6) is -0.320. The number of carbonyl (C=O) groups excluding carboxylic acids is 1. The fourth-order valence-electron chi connectivity index (χ4n) is 3.23. The van der Waals surface area contributed by atoms with Gasteiger partial charge >= 0.3 is 0 Å². The topological polar surface area (TPSA) is 78.0 Å². The SMILES string of the molecule is C=CC(CCCC)C(O)CNC(=O)c1[nH]c2ncccc2c1Sc1ccc(Cl)cc1. The van der Waals surface area contributed by atoms with Gasteiger partial charge in [-0.15, -0.1) is 6.58 Å². The summed E-state index contributed by atoms with van der Waals surface area (Å²) in [7, 11) is 0. The van der Waals surface area contributed by atoms with Crippen molar-refractivity contribution in [1.82, 2.24) is 15.3 Å². The standard InChI is InChI=1S/C23H26ClN3O2S/c1-3-5-7-15(4-2)19(28)14-26-23(29)20-21(18-8-6-13-25-22(18)27-20)30-17-11-9-16(24)10-12-17/h4,6,8-13,15,19,28H,2-3,5,7,14H2,1H3,(H,25,27)(H,26,29). The van der Waals surface area contributed by atoms with Crippen molar-refractivity contribution in [3.05, 3.63) is 66.0 Å². The van der Waals surface area contributed by atoms with Crippen LogP contribution < -0.4 is 5.32 Å². The predicted molar refractivity (Wildman–Crippen MR) is 123 cm³/mol. The van der Waals surface area contributed by atoms with E-state index < -0.39 is 6.10 Å². The van der Waals surface area contributed by atoms with Gasteiger partial charge < -0.3 is 15.4 Å². The smallest absolute Gasteiger partial charge is 0.269 e. The van der Waals surface area contributed by atoms with Gasteiger partial charge in [0.1, 0.15) is 11.3 Å². The third-order valence-corrected chi connectivity index (χ3v) is 6.33. The van der Waals surface area contributed by atoms with E-state index in [1.165, 1.54) is 11.8 Å². The minimum atomic E-state index is -0.673. The first-order valence-electron chi connectivity index (χ1n) is 10.0. The van der Waals surface area contributed by atoms with Crippen molar-refractivity contribution in [1.29, 1.82) is 0 Å². The van der Waals surface area contributed by atoms with Crippen molar-refractivity contribution in [2.75, 3.05) is 6.54 Å². The van der Waals surface area contributed by atoms with Crippen LogP contribution >= 0.6 is 23.4 Å². The largest absolute Gasteiger partial charge is 0.391 e. The number of nitrogens with zero attached hydrogens (tertiary/aromatic N) is 1. The Kier molecular flexibility index (Phi) is 7.96. The Bertz CT molecular complexity index is 1000. The molecule has 0 bridgehead atoms. The maximum absolute atomic E-state index is 13.0. The van der Waals surface area contributed by atoms with E-state index in [9.17, 15) is 9.90 Å². The minimum Gasteiger partial charge on any atom is -0.391 e. The van der Waals surface area contributed by atoms with E-state index in [2.05, 4.69) is 28.8 Å². The van der Waals surface area contributed by atoms with Crippen molar-refractivity contribution >= 4 is 40.3 Å². The zero-order valence-corrected chi connectivity index (χ0v) is 18.5. The second-order valence-corrected chi connectivity index (χ2v) is 8.62. The van der Waals surface area contributed by atoms with Gasteiger partial charge in [-0.25, -0.2) is 4.98 Å². The van der Waals surface area contributed by atoms with Gasteiger partial charge in [0.15, 0.2) is 0 Å². The number of halogens is 1. The maximum atomic E-state index is 13.0. The molecule has 3 N–H and O–H groups in total. The van der Waals surface area contributed by atoms with Gasteiger partial charge in [-0.05, 0) is 42.8 Å². The molecule has 0 aliphatic carbocycles. The number of aliphatic hydroxyl groups is 1. The zero-order valence-electron chi connectivity index (χ0n) is 16.9. The summed E-state index contributed by atoms with van der Waals surface area (Å²) in [6, 6.07) is 11.2. The lowest BCUT2D eigenvalue weighted by molar-refractivity contribution is 0.0864. The second kappa shape index (κ2) is 10.7. The first-order valence-corrected chi connectivity index (χ1v) is 11.2. The van der Waals surface area contributed by atoms with Crippen LogP contribution in [0.25, 0.3) is 11.0 Å². The predicted octanol–water partition coefficient (Wildman–Crippen LogP) is 5.45. The van der Waals surface area contributed by atoms with Gasteiger partial charge in [-0.2, -0.15) is 0 Å². The highest BCUT2D eigenvalue weighted by molar-refractivity contribution is 7.99. The summed E-state index contributed by atoms with van der Waals surface area (Å²) in [6.45, 7) is 6.09. The van der Waals surface area contributed by atoms with E-state index in [4.69, 9.17) is 11.6 Å². The van der Waals surface area contributed by atoms with Crippen LogP contribution in [0.4, 0.5) is 0 Å². The molecule has 0 radical (unpaired) electrons. The van der Waals surface area contributed by atoms with Crippen LogP contribution in [0.15, 0.2) is 65.0 Å². The molecule has 2 heterocycles. The van der Waals surface area contributed by atoms with Gasteiger partial charge in [0.2, 0.25) is 0 Å². The average Bonchev–Trinajstić information content (AvgIpc) is 3.12.